The SMILES string of the molecule is CC1Cc2ccccc2N1C(C)(CN)C1CC1. The van der Waals surface area contributed by atoms with Crippen LogP contribution in [-0.2, 0) is 6.42 Å². The second-order valence-corrected chi connectivity index (χ2v) is 5.89. The van der Waals surface area contributed by atoms with Gasteiger partial charge >= 0.3 is 0 Å². The number of para-hydroxylation sites is 1. The van der Waals surface area contributed by atoms with Crippen LogP contribution in [0, 0.1) is 5.92 Å². The minimum atomic E-state index is 0.159. The first-order chi connectivity index (χ1) is 8.16. The highest BCUT2D eigenvalue weighted by Gasteiger charge is 2.48. The van der Waals surface area contributed by atoms with Crippen LogP contribution in [0.4, 0.5) is 5.69 Å². The van der Waals surface area contributed by atoms with Gasteiger partial charge < -0.3 is 10.6 Å². The van der Waals surface area contributed by atoms with Gasteiger partial charge in [-0.3, -0.25) is 0 Å². The predicted molar refractivity (Wildman–Crippen MR) is 72.3 cm³/mol. The van der Waals surface area contributed by atoms with Gasteiger partial charge in [-0.15, -0.1) is 0 Å². The van der Waals surface area contributed by atoms with Crippen molar-refractivity contribution in [1.82, 2.24) is 0 Å². The maximum Gasteiger partial charge on any atom is 0.0527 e. The van der Waals surface area contributed by atoms with Crippen molar-refractivity contribution < 1.29 is 0 Å². The Morgan fingerprint density at radius 2 is 2.06 bits per heavy atom. The summed E-state index contributed by atoms with van der Waals surface area (Å²) in [5.74, 6) is 0.793. The number of benzene rings is 1. The standard InChI is InChI=1S/C15H22N2/c1-11-9-12-5-3-4-6-14(12)17(11)15(2,10-16)13-7-8-13/h3-6,11,13H,7-10,16H2,1-2H3. The van der Waals surface area contributed by atoms with Crippen LogP contribution in [0.15, 0.2) is 24.3 Å². The highest BCUT2D eigenvalue weighted by molar-refractivity contribution is 5.61. The normalized spacial score (nSPS) is 26.8. The highest BCUT2D eigenvalue weighted by Crippen LogP contribution is 2.48. The molecular weight excluding hydrogens is 208 g/mol. The Bertz CT molecular complexity index is 425. The van der Waals surface area contributed by atoms with Gasteiger partial charge in [0.05, 0.1) is 5.54 Å². The summed E-state index contributed by atoms with van der Waals surface area (Å²) in [7, 11) is 0. The monoisotopic (exact) mass is 230 g/mol. The fraction of sp³-hybridized carbons (Fsp3) is 0.600. The van der Waals surface area contributed by atoms with Crippen molar-refractivity contribution >= 4 is 5.69 Å². The average Bonchev–Trinajstić information content (AvgIpc) is 3.11. The molecule has 1 aromatic carbocycles. The van der Waals surface area contributed by atoms with Gasteiger partial charge in [-0.2, -0.15) is 0 Å². The van der Waals surface area contributed by atoms with Gasteiger partial charge in [0.2, 0.25) is 0 Å². The summed E-state index contributed by atoms with van der Waals surface area (Å²) in [6.07, 6.45) is 3.86. The van der Waals surface area contributed by atoms with Crippen molar-refractivity contribution in [1.29, 1.82) is 0 Å². The van der Waals surface area contributed by atoms with Gasteiger partial charge in [0.25, 0.3) is 0 Å². The molecule has 2 atom stereocenters. The van der Waals surface area contributed by atoms with E-state index >= 15 is 0 Å². The molecule has 1 aromatic rings. The first-order valence-corrected chi connectivity index (χ1v) is 6.74. The zero-order valence-electron chi connectivity index (χ0n) is 10.8. The third-order valence-corrected chi connectivity index (χ3v) is 4.63. The van der Waals surface area contributed by atoms with E-state index in [0.29, 0.717) is 6.04 Å². The zero-order valence-corrected chi connectivity index (χ0v) is 10.8. The van der Waals surface area contributed by atoms with Gasteiger partial charge in [0.1, 0.15) is 0 Å². The van der Waals surface area contributed by atoms with Crippen LogP contribution in [0.25, 0.3) is 0 Å². The van der Waals surface area contributed by atoms with E-state index in [0.717, 1.165) is 12.5 Å². The van der Waals surface area contributed by atoms with E-state index in [-0.39, 0.29) is 5.54 Å². The quantitative estimate of drug-likeness (QED) is 0.864. The number of fused-ring (bicyclic) bond motifs is 1. The van der Waals surface area contributed by atoms with Crippen molar-refractivity contribution in [3.63, 3.8) is 0 Å². The third-order valence-electron chi connectivity index (χ3n) is 4.63. The zero-order chi connectivity index (χ0) is 12.0. The summed E-state index contributed by atoms with van der Waals surface area (Å²) in [6.45, 7) is 5.44. The predicted octanol–water partition coefficient (Wildman–Crippen LogP) is 2.57. The number of nitrogens with two attached hydrogens (primary N) is 1. The molecule has 92 valence electrons. The maximum absolute atomic E-state index is 6.11. The van der Waals surface area contributed by atoms with Crippen LogP contribution in [-0.4, -0.2) is 18.1 Å². The molecule has 1 saturated carbocycles. The number of anilines is 1. The molecule has 1 aliphatic carbocycles. The molecule has 0 saturated heterocycles. The molecule has 0 radical (unpaired) electrons. The van der Waals surface area contributed by atoms with Crippen molar-refractivity contribution in [2.75, 3.05) is 11.4 Å². The van der Waals surface area contributed by atoms with Crippen LogP contribution >= 0.6 is 0 Å². The lowest BCUT2D eigenvalue weighted by atomic mass is 9.92. The minimum Gasteiger partial charge on any atom is -0.361 e. The summed E-state index contributed by atoms with van der Waals surface area (Å²) < 4.78 is 0. The molecule has 17 heavy (non-hydrogen) atoms. The van der Waals surface area contributed by atoms with Crippen molar-refractivity contribution in [2.24, 2.45) is 11.7 Å². The van der Waals surface area contributed by atoms with Gasteiger partial charge in [-0.25, -0.2) is 0 Å². The number of rotatable bonds is 3. The molecule has 1 aliphatic heterocycles. The van der Waals surface area contributed by atoms with E-state index in [2.05, 4.69) is 43.0 Å². The number of hydrogen-bond donors (Lipinski definition) is 1. The molecule has 0 bridgehead atoms. The van der Waals surface area contributed by atoms with Crippen LogP contribution in [0.1, 0.15) is 32.3 Å². The van der Waals surface area contributed by atoms with E-state index in [1.165, 1.54) is 30.5 Å². The Balaban J connectivity index is 2.02. The fourth-order valence-electron chi connectivity index (χ4n) is 3.51. The second kappa shape index (κ2) is 3.74. The lowest BCUT2D eigenvalue weighted by Gasteiger charge is -2.43. The van der Waals surface area contributed by atoms with Gasteiger partial charge in [-0.05, 0) is 50.7 Å². The molecule has 0 spiro atoms. The molecule has 2 aliphatic rings. The molecule has 1 heterocycles. The Morgan fingerprint density at radius 3 is 2.71 bits per heavy atom. The Kier molecular flexibility index (Phi) is 2.44. The Morgan fingerprint density at radius 1 is 1.35 bits per heavy atom. The summed E-state index contributed by atoms with van der Waals surface area (Å²) in [5.41, 5.74) is 9.17. The van der Waals surface area contributed by atoms with Crippen LogP contribution in [0.3, 0.4) is 0 Å². The molecule has 2 N–H and O–H groups in total. The molecule has 0 amide bonds. The fourth-order valence-corrected chi connectivity index (χ4v) is 3.51. The summed E-state index contributed by atoms with van der Waals surface area (Å²) in [5, 5.41) is 0. The van der Waals surface area contributed by atoms with Crippen LogP contribution < -0.4 is 10.6 Å². The largest absolute Gasteiger partial charge is 0.361 e. The van der Waals surface area contributed by atoms with Crippen molar-refractivity contribution in [3.05, 3.63) is 29.8 Å². The molecule has 2 unspecified atom stereocenters. The Labute approximate surface area is 104 Å². The van der Waals surface area contributed by atoms with Gasteiger partial charge in [0.15, 0.2) is 0 Å². The lowest BCUT2D eigenvalue weighted by Crippen LogP contribution is -2.56. The van der Waals surface area contributed by atoms with Crippen molar-refractivity contribution in [2.45, 2.75) is 44.7 Å². The summed E-state index contributed by atoms with van der Waals surface area (Å²) >= 11 is 0. The van der Waals surface area contributed by atoms with Crippen LogP contribution in [0.2, 0.25) is 0 Å². The first-order valence-electron chi connectivity index (χ1n) is 6.74. The van der Waals surface area contributed by atoms with E-state index in [9.17, 15) is 0 Å². The van der Waals surface area contributed by atoms with Crippen molar-refractivity contribution in [3.8, 4) is 0 Å². The molecule has 3 rings (SSSR count). The van der Waals surface area contributed by atoms with E-state index in [1.807, 2.05) is 0 Å². The summed E-state index contributed by atoms with van der Waals surface area (Å²) in [6, 6.07) is 9.39. The molecule has 0 aromatic heterocycles. The van der Waals surface area contributed by atoms with E-state index in [1.54, 1.807) is 0 Å². The first kappa shape index (κ1) is 11.1. The van der Waals surface area contributed by atoms with Gasteiger partial charge in [0, 0.05) is 18.3 Å². The minimum absolute atomic E-state index is 0.159. The van der Waals surface area contributed by atoms with E-state index < -0.39 is 0 Å². The highest BCUT2D eigenvalue weighted by atomic mass is 15.3. The smallest absolute Gasteiger partial charge is 0.0527 e. The van der Waals surface area contributed by atoms with Gasteiger partial charge in [-0.1, -0.05) is 18.2 Å². The lowest BCUT2D eigenvalue weighted by molar-refractivity contribution is 0.359. The topological polar surface area (TPSA) is 29.3 Å². The molecule has 1 fully saturated rings. The molecule has 2 heteroatoms. The third kappa shape index (κ3) is 1.58. The number of nitrogens with zero attached hydrogens (tertiary/aromatic N) is 1. The summed E-state index contributed by atoms with van der Waals surface area (Å²) in [4.78, 5) is 2.60. The van der Waals surface area contributed by atoms with Crippen LogP contribution in [0.5, 0.6) is 0 Å². The number of hydrogen-bond acceptors (Lipinski definition) is 2. The maximum atomic E-state index is 6.11. The Hall–Kier alpha value is -1.02. The second-order valence-electron chi connectivity index (χ2n) is 5.89. The average molecular weight is 230 g/mol. The molecular formula is C15H22N2. The molecule has 2 nitrogen and oxygen atoms in total. The van der Waals surface area contributed by atoms with E-state index in [4.69, 9.17) is 5.73 Å².